The van der Waals surface area contributed by atoms with Gasteiger partial charge in [-0.05, 0) is 18.5 Å². The van der Waals surface area contributed by atoms with Crippen molar-refractivity contribution in [3.63, 3.8) is 0 Å². The molecule has 0 heterocycles. The fourth-order valence-electron chi connectivity index (χ4n) is 1.46. The summed E-state index contributed by atoms with van der Waals surface area (Å²) in [4.78, 5) is 36.5. The molecule has 9 nitrogen and oxygen atoms in total. The first-order valence-corrected chi connectivity index (χ1v) is 5.90. The Morgan fingerprint density at radius 1 is 1.38 bits per heavy atom. The number of carboxylic acid groups (broad SMARTS) is 1. The first-order chi connectivity index (χ1) is 9.95. The lowest BCUT2D eigenvalue weighted by Gasteiger charge is -2.14. The maximum Gasteiger partial charge on any atom is 0.322 e. The van der Waals surface area contributed by atoms with Crippen molar-refractivity contribution in [1.82, 2.24) is 10.6 Å². The maximum atomic E-state index is 12.0. The zero-order valence-corrected chi connectivity index (χ0v) is 11.1. The van der Waals surface area contributed by atoms with Crippen LogP contribution in [0.3, 0.4) is 0 Å². The smallest absolute Gasteiger partial charge is 0.322 e. The molecule has 0 unspecified atom stereocenters. The van der Waals surface area contributed by atoms with Gasteiger partial charge in [0.25, 0.3) is 5.91 Å². The van der Waals surface area contributed by atoms with Gasteiger partial charge in [0, 0.05) is 10.5 Å². The molecule has 1 rings (SSSR count). The molecule has 9 heteroatoms. The number of carboxylic acids is 1. The molecule has 1 atom stereocenters. The van der Waals surface area contributed by atoms with Gasteiger partial charge in [0.2, 0.25) is 5.91 Å². The van der Waals surface area contributed by atoms with Gasteiger partial charge in [0.05, 0.1) is 5.69 Å². The van der Waals surface area contributed by atoms with Gasteiger partial charge < -0.3 is 15.7 Å². The van der Waals surface area contributed by atoms with Gasteiger partial charge in [-0.3, -0.25) is 14.4 Å². The van der Waals surface area contributed by atoms with Crippen molar-refractivity contribution in [3.05, 3.63) is 40.3 Å². The van der Waals surface area contributed by atoms with Crippen molar-refractivity contribution >= 4 is 23.5 Å². The third kappa shape index (κ3) is 4.84. The Morgan fingerprint density at radius 3 is 2.67 bits per heavy atom. The fraction of sp³-hybridized carbons (Fsp3) is 0.250. The highest BCUT2D eigenvalue weighted by molar-refractivity contribution is 6.01. The van der Waals surface area contributed by atoms with E-state index in [1.165, 1.54) is 19.1 Å². The minimum Gasteiger partial charge on any atom is -0.480 e. The summed E-state index contributed by atoms with van der Waals surface area (Å²) >= 11 is 0. The number of aliphatic carboxylic acids is 1. The Labute approximate surface area is 119 Å². The van der Waals surface area contributed by atoms with E-state index >= 15 is 0 Å². The number of benzene rings is 1. The standard InChI is InChI=1S/C12H13N5O4/c1-7(11(20)14-6-10(18)19)15-12(21)8-4-2-3-5-9(8)16-17-13/h2-5,7H,6H2,1H3,(H,14,20)(H,15,21)(H,18,19)/t7-/m1/s1. The second kappa shape index (κ2) is 7.51. The number of nitrogens with zero attached hydrogens (tertiary/aromatic N) is 3. The number of amides is 2. The SMILES string of the molecule is C[C@@H](NC(=O)c1ccccc1N=[N+]=[N-])C(=O)NCC(=O)O. The number of rotatable bonds is 6. The van der Waals surface area contributed by atoms with Crippen LogP contribution in [-0.4, -0.2) is 35.5 Å². The van der Waals surface area contributed by atoms with Gasteiger partial charge in [-0.15, -0.1) is 0 Å². The zero-order chi connectivity index (χ0) is 15.8. The van der Waals surface area contributed by atoms with Crippen LogP contribution < -0.4 is 10.6 Å². The second-order valence-electron chi connectivity index (χ2n) is 4.01. The molecule has 1 aromatic carbocycles. The van der Waals surface area contributed by atoms with Gasteiger partial charge >= 0.3 is 5.97 Å². The van der Waals surface area contributed by atoms with E-state index in [2.05, 4.69) is 20.7 Å². The molecule has 0 spiro atoms. The molecule has 0 aliphatic heterocycles. The summed E-state index contributed by atoms with van der Waals surface area (Å²) in [5.41, 5.74) is 8.68. The highest BCUT2D eigenvalue weighted by atomic mass is 16.4. The third-order valence-electron chi connectivity index (χ3n) is 2.46. The van der Waals surface area contributed by atoms with Crippen LogP contribution in [-0.2, 0) is 9.59 Å². The molecule has 0 fully saturated rings. The monoisotopic (exact) mass is 291 g/mol. The Balaban J connectivity index is 2.75. The molecule has 0 bridgehead atoms. The van der Waals surface area contributed by atoms with Gasteiger partial charge in [-0.2, -0.15) is 0 Å². The van der Waals surface area contributed by atoms with Crippen LogP contribution in [0.5, 0.6) is 0 Å². The van der Waals surface area contributed by atoms with Crippen molar-refractivity contribution in [2.75, 3.05) is 6.54 Å². The van der Waals surface area contributed by atoms with Crippen LogP contribution in [0.15, 0.2) is 29.4 Å². The lowest BCUT2D eigenvalue weighted by molar-refractivity contribution is -0.138. The van der Waals surface area contributed by atoms with Gasteiger partial charge in [0.1, 0.15) is 12.6 Å². The average Bonchev–Trinajstić information content (AvgIpc) is 2.45. The molecule has 0 saturated heterocycles. The Morgan fingerprint density at radius 2 is 2.05 bits per heavy atom. The summed E-state index contributed by atoms with van der Waals surface area (Å²) in [6.07, 6.45) is 0. The summed E-state index contributed by atoms with van der Waals surface area (Å²) < 4.78 is 0. The van der Waals surface area contributed by atoms with Gasteiger partial charge in [0.15, 0.2) is 0 Å². The number of nitrogens with one attached hydrogen (secondary N) is 2. The zero-order valence-electron chi connectivity index (χ0n) is 11.1. The predicted octanol–water partition coefficient (Wildman–Crippen LogP) is 0.947. The summed E-state index contributed by atoms with van der Waals surface area (Å²) in [6.45, 7) is 0.875. The molecule has 3 N–H and O–H groups in total. The lowest BCUT2D eigenvalue weighted by Crippen LogP contribution is -2.46. The van der Waals surface area contributed by atoms with E-state index in [-0.39, 0.29) is 11.3 Å². The molecule has 1 aromatic rings. The molecule has 110 valence electrons. The van der Waals surface area contributed by atoms with Crippen molar-refractivity contribution in [2.24, 2.45) is 5.11 Å². The Hall–Kier alpha value is -3.06. The molecule has 21 heavy (non-hydrogen) atoms. The van der Waals surface area contributed by atoms with Crippen LogP contribution in [0.25, 0.3) is 10.4 Å². The van der Waals surface area contributed by atoms with Crippen LogP contribution in [0.2, 0.25) is 0 Å². The summed E-state index contributed by atoms with van der Waals surface area (Å²) in [5.74, 6) is -2.42. The van der Waals surface area contributed by atoms with E-state index in [4.69, 9.17) is 10.6 Å². The topological polar surface area (TPSA) is 144 Å². The lowest BCUT2D eigenvalue weighted by atomic mass is 10.1. The number of carbonyl (C=O) groups is 3. The van der Waals surface area contributed by atoms with Gasteiger partial charge in [-0.25, -0.2) is 0 Å². The number of azide groups is 1. The highest BCUT2D eigenvalue weighted by Crippen LogP contribution is 2.18. The van der Waals surface area contributed by atoms with E-state index in [1.54, 1.807) is 12.1 Å². The predicted molar refractivity (Wildman–Crippen MR) is 72.8 cm³/mol. The third-order valence-corrected chi connectivity index (χ3v) is 2.46. The maximum absolute atomic E-state index is 12.0. The van der Waals surface area contributed by atoms with Crippen LogP contribution in [0.4, 0.5) is 5.69 Å². The van der Waals surface area contributed by atoms with Crippen molar-refractivity contribution in [1.29, 1.82) is 0 Å². The van der Waals surface area contributed by atoms with Crippen LogP contribution in [0.1, 0.15) is 17.3 Å². The summed E-state index contributed by atoms with van der Waals surface area (Å²) in [6, 6.07) is 5.16. The normalized spacial score (nSPS) is 10.9. The first kappa shape index (κ1) is 16.0. The van der Waals surface area contributed by atoms with Crippen molar-refractivity contribution in [2.45, 2.75) is 13.0 Å². The van der Waals surface area contributed by atoms with Gasteiger partial charge in [-0.1, -0.05) is 23.3 Å². The van der Waals surface area contributed by atoms with Crippen LogP contribution in [0, 0.1) is 0 Å². The molecular formula is C12H13N5O4. The molecule has 0 saturated carbocycles. The molecule has 2 amide bonds. The fourth-order valence-corrected chi connectivity index (χ4v) is 1.46. The number of hydrogen-bond acceptors (Lipinski definition) is 4. The Kier molecular flexibility index (Phi) is 5.72. The average molecular weight is 291 g/mol. The minimum atomic E-state index is -1.18. The molecular weight excluding hydrogens is 278 g/mol. The number of carbonyl (C=O) groups excluding carboxylic acids is 2. The summed E-state index contributed by atoms with van der Waals surface area (Å²) in [5, 5.41) is 16.4. The van der Waals surface area contributed by atoms with Crippen LogP contribution >= 0.6 is 0 Å². The summed E-state index contributed by atoms with van der Waals surface area (Å²) in [7, 11) is 0. The number of hydrogen-bond donors (Lipinski definition) is 3. The van der Waals surface area contributed by atoms with E-state index in [0.717, 1.165) is 0 Å². The largest absolute Gasteiger partial charge is 0.480 e. The molecule has 0 aliphatic rings. The molecule has 0 aliphatic carbocycles. The van der Waals surface area contributed by atoms with Crippen molar-refractivity contribution < 1.29 is 19.5 Å². The molecule has 0 radical (unpaired) electrons. The van der Waals surface area contributed by atoms with E-state index in [9.17, 15) is 14.4 Å². The van der Waals surface area contributed by atoms with Crippen molar-refractivity contribution in [3.8, 4) is 0 Å². The second-order valence-corrected chi connectivity index (χ2v) is 4.01. The quantitative estimate of drug-likeness (QED) is 0.407. The molecule has 0 aromatic heterocycles. The Bertz CT molecular complexity index is 609. The van der Waals surface area contributed by atoms with E-state index in [0.29, 0.717) is 0 Å². The first-order valence-electron chi connectivity index (χ1n) is 5.90. The minimum absolute atomic E-state index is 0.119. The highest BCUT2D eigenvalue weighted by Gasteiger charge is 2.18. The van der Waals surface area contributed by atoms with E-state index in [1.807, 2.05) is 0 Å². The van der Waals surface area contributed by atoms with E-state index < -0.39 is 30.4 Å².